The molecule has 0 bridgehead atoms. The van der Waals surface area contributed by atoms with Crippen LogP contribution >= 0.6 is 35.6 Å². The quantitative estimate of drug-likeness (QED) is 0.216. The van der Waals surface area contributed by atoms with Crippen molar-refractivity contribution in [3.63, 3.8) is 0 Å². The largest absolute Gasteiger partial charge is 0.355 e. The maximum atomic E-state index is 12.7. The van der Waals surface area contributed by atoms with E-state index in [0.29, 0.717) is 35.5 Å². The fourth-order valence-corrected chi connectivity index (χ4v) is 4.39. The van der Waals surface area contributed by atoms with Gasteiger partial charge >= 0.3 is 0 Å². The minimum absolute atomic E-state index is 0. The van der Waals surface area contributed by atoms with Gasteiger partial charge in [0.15, 0.2) is 5.96 Å². The Morgan fingerprint density at radius 3 is 2.52 bits per heavy atom. The summed E-state index contributed by atoms with van der Waals surface area (Å²) in [7, 11) is 1.72. The molecule has 1 aliphatic heterocycles. The molecule has 2 aliphatic rings. The summed E-state index contributed by atoms with van der Waals surface area (Å²) in [6, 6.07) is 7.18. The third kappa shape index (κ3) is 7.52. The number of likely N-dealkylation sites (tertiary alicyclic amines) is 1. The molecule has 0 radical (unpaired) electrons. The molecule has 0 aromatic heterocycles. The van der Waals surface area contributed by atoms with Crippen molar-refractivity contribution < 1.29 is 9.59 Å². The minimum Gasteiger partial charge on any atom is -0.355 e. The first-order chi connectivity index (χ1) is 14.6. The fraction of sp³-hybridized carbons (Fsp3) is 0.591. The molecule has 1 atom stereocenters. The normalized spacial score (nSPS) is 19.5. The van der Waals surface area contributed by atoms with E-state index < -0.39 is 0 Å². The second-order valence-electron chi connectivity index (χ2n) is 7.98. The summed E-state index contributed by atoms with van der Waals surface area (Å²) in [6.45, 7) is 2.51. The predicted octanol–water partition coefficient (Wildman–Crippen LogP) is 3.03. The average molecular weight is 562 g/mol. The van der Waals surface area contributed by atoms with E-state index >= 15 is 0 Å². The summed E-state index contributed by atoms with van der Waals surface area (Å²) in [5, 5.41) is 9.89. The van der Waals surface area contributed by atoms with Crippen LogP contribution in [0.3, 0.4) is 0 Å². The molecule has 3 rings (SSSR count). The fourth-order valence-electron chi connectivity index (χ4n) is 4.17. The van der Waals surface area contributed by atoms with Gasteiger partial charge in [0.1, 0.15) is 0 Å². The lowest BCUT2D eigenvalue weighted by Gasteiger charge is -2.26. The number of hydrogen-bond acceptors (Lipinski definition) is 3. The van der Waals surface area contributed by atoms with Crippen LogP contribution in [0.2, 0.25) is 5.02 Å². The van der Waals surface area contributed by atoms with Crippen LogP contribution < -0.4 is 16.0 Å². The molecule has 1 heterocycles. The van der Waals surface area contributed by atoms with E-state index in [2.05, 4.69) is 20.9 Å². The second-order valence-corrected chi connectivity index (χ2v) is 8.39. The minimum atomic E-state index is -0.196. The summed E-state index contributed by atoms with van der Waals surface area (Å²) in [5.74, 6) is 1.03. The number of benzene rings is 1. The molecule has 1 saturated carbocycles. The van der Waals surface area contributed by atoms with Crippen LogP contribution in [0.25, 0.3) is 0 Å². The lowest BCUT2D eigenvalue weighted by molar-refractivity contribution is -0.135. The maximum Gasteiger partial charge on any atom is 0.252 e. The van der Waals surface area contributed by atoms with Crippen molar-refractivity contribution in [2.24, 2.45) is 10.9 Å². The Kier molecular flexibility index (Phi) is 10.9. The van der Waals surface area contributed by atoms with Crippen molar-refractivity contribution >= 4 is 53.4 Å². The number of nitrogens with zero attached hydrogens (tertiary/aromatic N) is 2. The molecule has 1 saturated heterocycles. The molecule has 31 heavy (non-hydrogen) atoms. The van der Waals surface area contributed by atoms with E-state index in [4.69, 9.17) is 11.6 Å². The van der Waals surface area contributed by atoms with Gasteiger partial charge in [0, 0.05) is 45.2 Å². The molecule has 0 spiro atoms. The number of carbonyl (C=O) groups is 2. The highest BCUT2D eigenvalue weighted by Crippen LogP contribution is 2.26. The predicted molar refractivity (Wildman–Crippen MR) is 135 cm³/mol. The maximum absolute atomic E-state index is 12.7. The Hall–Kier alpha value is -1.55. The third-order valence-corrected chi connectivity index (χ3v) is 6.17. The Morgan fingerprint density at radius 1 is 1.10 bits per heavy atom. The van der Waals surface area contributed by atoms with Gasteiger partial charge in [-0.2, -0.15) is 0 Å². The number of halogens is 2. The number of amides is 2. The highest BCUT2D eigenvalue weighted by atomic mass is 127. The smallest absolute Gasteiger partial charge is 0.252 e. The zero-order chi connectivity index (χ0) is 21.3. The van der Waals surface area contributed by atoms with E-state index in [1.165, 1.54) is 19.3 Å². The van der Waals surface area contributed by atoms with Gasteiger partial charge in [-0.1, -0.05) is 43.0 Å². The summed E-state index contributed by atoms with van der Waals surface area (Å²) in [6.07, 6.45) is 6.61. The van der Waals surface area contributed by atoms with Gasteiger partial charge in [-0.05, 0) is 31.4 Å². The van der Waals surface area contributed by atoms with Crippen molar-refractivity contribution in [2.45, 2.75) is 44.6 Å². The first-order valence-electron chi connectivity index (χ1n) is 10.9. The summed E-state index contributed by atoms with van der Waals surface area (Å²) < 4.78 is 0. The molecule has 9 heteroatoms. The number of aliphatic imine (C=N–C) groups is 1. The van der Waals surface area contributed by atoms with Gasteiger partial charge in [0.05, 0.1) is 10.6 Å². The van der Waals surface area contributed by atoms with Crippen LogP contribution in [0.4, 0.5) is 0 Å². The van der Waals surface area contributed by atoms with Crippen LogP contribution in [0.15, 0.2) is 29.3 Å². The van der Waals surface area contributed by atoms with Crippen molar-refractivity contribution in [3.05, 3.63) is 34.9 Å². The third-order valence-electron chi connectivity index (χ3n) is 5.84. The number of rotatable bonds is 6. The first-order valence-corrected chi connectivity index (χ1v) is 11.2. The summed E-state index contributed by atoms with van der Waals surface area (Å²) in [5.41, 5.74) is 0.468. The van der Waals surface area contributed by atoms with E-state index in [0.717, 1.165) is 32.4 Å². The van der Waals surface area contributed by atoms with Gasteiger partial charge in [0.2, 0.25) is 5.91 Å². The van der Waals surface area contributed by atoms with Gasteiger partial charge in [-0.3, -0.25) is 14.6 Å². The number of guanidine groups is 1. The topological polar surface area (TPSA) is 85.8 Å². The van der Waals surface area contributed by atoms with Gasteiger partial charge in [0.25, 0.3) is 5.91 Å². The van der Waals surface area contributed by atoms with Gasteiger partial charge in [-0.25, -0.2) is 0 Å². The molecule has 3 N–H and O–H groups in total. The van der Waals surface area contributed by atoms with Crippen LogP contribution in [-0.2, 0) is 4.79 Å². The van der Waals surface area contributed by atoms with Crippen molar-refractivity contribution in [3.8, 4) is 0 Å². The number of carbonyl (C=O) groups excluding carboxylic acids is 2. The van der Waals surface area contributed by atoms with E-state index in [9.17, 15) is 9.59 Å². The summed E-state index contributed by atoms with van der Waals surface area (Å²) in [4.78, 5) is 31.2. The van der Waals surface area contributed by atoms with Crippen LogP contribution in [0.5, 0.6) is 0 Å². The zero-order valence-electron chi connectivity index (χ0n) is 18.0. The number of hydrogen-bond donors (Lipinski definition) is 3. The molecule has 2 fully saturated rings. The molecule has 1 aliphatic carbocycles. The van der Waals surface area contributed by atoms with Crippen molar-refractivity contribution in [1.82, 2.24) is 20.9 Å². The average Bonchev–Trinajstić information content (AvgIpc) is 3.24. The molecule has 1 unspecified atom stereocenters. The lowest BCUT2D eigenvalue weighted by Crippen LogP contribution is -2.47. The Morgan fingerprint density at radius 2 is 1.81 bits per heavy atom. The second kappa shape index (κ2) is 13.1. The van der Waals surface area contributed by atoms with E-state index in [-0.39, 0.29) is 41.8 Å². The van der Waals surface area contributed by atoms with Crippen LogP contribution in [0, 0.1) is 5.92 Å². The Balaban J connectivity index is 0.00000341. The van der Waals surface area contributed by atoms with Crippen molar-refractivity contribution in [1.29, 1.82) is 0 Å². The number of nitrogens with one attached hydrogen (secondary N) is 3. The summed E-state index contributed by atoms with van der Waals surface area (Å²) >= 11 is 6.05. The molecule has 1 aromatic rings. The van der Waals surface area contributed by atoms with Crippen molar-refractivity contribution in [2.75, 3.05) is 33.2 Å². The molecule has 7 nitrogen and oxygen atoms in total. The highest BCUT2D eigenvalue weighted by molar-refractivity contribution is 14.0. The molecular formula is C22H33ClIN5O2. The van der Waals surface area contributed by atoms with Crippen LogP contribution in [0.1, 0.15) is 48.9 Å². The first kappa shape index (κ1) is 25.7. The Labute approximate surface area is 206 Å². The monoisotopic (exact) mass is 561 g/mol. The highest BCUT2D eigenvalue weighted by Gasteiger charge is 2.31. The van der Waals surface area contributed by atoms with Gasteiger partial charge in [-0.15, -0.1) is 24.0 Å². The van der Waals surface area contributed by atoms with Gasteiger partial charge < -0.3 is 20.9 Å². The zero-order valence-corrected chi connectivity index (χ0v) is 21.1. The van der Waals surface area contributed by atoms with Crippen LogP contribution in [-0.4, -0.2) is 61.9 Å². The molecule has 1 aromatic carbocycles. The van der Waals surface area contributed by atoms with E-state index in [1.807, 2.05) is 4.90 Å². The van der Waals surface area contributed by atoms with E-state index in [1.54, 1.807) is 31.3 Å². The molecular weight excluding hydrogens is 529 g/mol. The molecule has 2 amide bonds. The standard InChI is InChI=1S/C22H32ClN5O2.HI/c1-24-22(26-13-12-25-20(29)18-9-5-6-10-19(18)23)27-17-11-14-28(15-17)21(30)16-7-3-2-4-8-16;/h5-6,9-10,16-17H,2-4,7-8,11-15H2,1H3,(H,25,29)(H2,24,26,27);1H. The molecule has 172 valence electrons. The Bertz CT molecular complexity index is 770. The SMILES string of the molecule is CN=C(NCCNC(=O)c1ccccc1Cl)NC1CCN(C(=O)C2CCCCC2)C1.I. The lowest BCUT2D eigenvalue weighted by atomic mass is 9.88.